The molecule has 0 aliphatic rings. The lowest BCUT2D eigenvalue weighted by molar-refractivity contribution is -0.131. The molecule has 1 aromatic carbocycles. The molecular weight excluding hydrogens is 248 g/mol. The molecule has 112 valence electrons. The number of nitrogens with two attached hydrogens (primary N) is 1. The molecular formula is C17H28N2O. The van der Waals surface area contributed by atoms with Crippen LogP contribution in [0.2, 0.25) is 0 Å². The van der Waals surface area contributed by atoms with Crippen molar-refractivity contribution in [3.63, 3.8) is 0 Å². The average Bonchev–Trinajstić information content (AvgIpc) is 2.43. The van der Waals surface area contributed by atoms with E-state index in [1.807, 2.05) is 13.1 Å². The number of carbonyl (C=O) groups excluding carboxylic acids is 1. The fourth-order valence-corrected chi connectivity index (χ4v) is 2.32. The highest BCUT2D eigenvalue weighted by atomic mass is 16.2. The summed E-state index contributed by atoms with van der Waals surface area (Å²) in [6.07, 6.45) is 3.95. The molecule has 3 nitrogen and oxygen atoms in total. The Kier molecular flexibility index (Phi) is 7.31. The Bertz CT molecular complexity index is 389. The largest absolute Gasteiger partial charge is 0.344 e. The van der Waals surface area contributed by atoms with Gasteiger partial charge in [-0.1, -0.05) is 44.2 Å². The number of rotatable bonds is 8. The third-order valence-corrected chi connectivity index (χ3v) is 3.47. The maximum Gasteiger partial charge on any atom is 0.239 e. The number of hydrogen-bond acceptors (Lipinski definition) is 2. The van der Waals surface area contributed by atoms with Crippen LogP contribution in [0, 0.1) is 5.92 Å². The quantitative estimate of drug-likeness (QED) is 0.742. The van der Waals surface area contributed by atoms with Crippen LogP contribution in [0.4, 0.5) is 0 Å². The van der Waals surface area contributed by atoms with Crippen LogP contribution in [-0.2, 0) is 11.2 Å². The van der Waals surface area contributed by atoms with E-state index in [4.69, 9.17) is 5.73 Å². The minimum absolute atomic E-state index is 0.0680. The van der Waals surface area contributed by atoms with Gasteiger partial charge in [-0.15, -0.1) is 0 Å². The Labute approximate surface area is 123 Å². The van der Waals surface area contributed by atoms with Crippen LogP contribution in [0.25, 0.3) is 0 Å². The molecule has 1 aromatic rings. The molecule has 0 saturated heterocycles. The van der Waals surface area contributed by atoms with Gasteiger partial charge in [0.25, 0.3) is 0 Å². The van der Waals surface area contributed by atoms with E-state index in [1.54, 1.807) is 4.90 Å². The summed E-state index contributed by atoms with van der Waals surface area (Å²) in [5.41, 5.74) is 7.28. The first kappa shape index (κ1) is 16.7. The Balaban J connectivity index is 2.22. The maximum absolute atomic E-state index is 12.0. The molecule has 0 radical (unpaired) electrons. The molecule has 0 aliphatic carbocycles. The first-order valence-corrected chi connectivity index (χ1v) is 7.55. The van der Waals surface area contributed by atoms with Crippen LogP contribution < -0.4 is 5.73 Å². The van der Waals surface area contributed by atoms with Crippen molar-refractivity contribution in [2.75, 3.05) is 13.6 Å². The first-order valence-electron chi connectivity index (χ1n) is 7.55. The lowest BCUT2D eigenvalue weighted by atomic mass is 10.0. The summed E-state index contributed by atoms with van der Waals surface area (Å²) in [5, 5.41) is 0. The number of benzene rings is 1. The third-order valence-electron chi connectivity index (χ3n) is 3.47. The molecule has 1 amide bonds. The van der Waals surface area contributed by atoms with Gasteiger partial charge in [-0.25, -0.2) is 0 Å². The smallest absolute Gasteiger partial charge is 0.239 e. The molecule has 1 rings (SSSR count). The minimum Gasteiger partial charge on any atom is -0.344 e. The van der Waals surface area contributed by atoms with Gasteiger partial charge in [-0.05, 0) is 37.2 Å². The second-order valence-electron chi connectivity index (χ2n) is 5.94. The van der Waals surface area contributed by atoms with Gasteiger partial charge >= 0.3 is 0 Å². The van der Waals surface area contributed by atoms with Crippen LogP contribution in [-0.4, -0.2) is 30.4 Å². The van der Waals surface area contributed by atoms with Crippen molar-refractivity contribution in [1.82, 2.24) is 4.90 Å². The van der Waals surface area contributed by atoms with E-state index >= 15 is 0 Å². The molecule has 0 fully saturated rings. The Hall–Kier alpha value is -1.35. The van der Waals surface area contributed by atoms with E-state index in [9.17, 15) is 4.79 Å². The zero-order valence-electron chi connectivity index (χ0n) is 13.0. The van der Waals surface area contributed by atoms with Crippen molar-refractivity contribution < 1.29 is 4.79 Å². The van der Waals surface area contributed by atoms with E-state index in [2.05, 4.69) is 38.1 Å². The molecule has 3 heteroatoms. The molecule has 0 spiro atoms. The van der Waals surface area contributed by atoms with Gasteiger partial charge in [0.05, 0.1) is 6.04 Å². The van der Waals surface area contributed by atoms with Gasteiger partial charge in [0.2, 0.25) is 5.91 Å². The van der Waals surface area contributed by atoms with Crippen LogP contribution in [0.3, 0.4) is 0 Å². The van der Waals surface area contributed by atoms with Crippen molar-refractivity contribution in [1.29, 1.82) is 0 Å². The fourth-order valence-electron chi connectivity index (χ4n) is 2.32. The Morgan fingerprint density at radius 3 is 2.45 bits per heavy atom. The van der Waals surface area contributed by atoms with Gasteiger partial charge in [0.1, 0.15) is 0 Å². The summed E-state index contributed by atoms with van der Waals surface area (Å²) >= 11 is 0. The predicted molar refractivity (Wildman–Crippen MR) is 84.4 cm³/mol. The van der Waals surface area contributed by atoms with Gasteiger partial charge in [-0.2, -0.15) is 0 Å². The Morgan fingerprint density at radius 2 is 1.85 bits per heavy atom. The molecule has 20 heavy (non-hydrogen) atoms. The standard InChI is InChI=1S/C17H28N2O/c1-14(2)13-16(18)17(20)19(3)12-8-7-11-15-9-5-4-6-10-15/h4-6,9-10,14,16H,7-8,11-13,18H2,1-3H3/t16-/m1/s1. The summed E-state index contributed by atoms with van der Waals surface area (Å²) in [4.78, 5) is 13.8. The van der Waals surface area contributed by atoms with Gasteiger partial charge in [0.15, 0.2) is 0 Å². The summed E-state index contributed by atoms with van der Waals surface area (Å²) < 4.78 is 0. The summed E-state index contributed by atoms with van der Waals surface area (Å²) in [6.45, 7) is 4.97. The van der Waals surface area contributed by atoms with Crippen molar-refractivity contribution in [3.8, 4) is 0 Å². The molecule has 0 heterocycles. The number of hydrogen-bond donors (Lipinski definition) is 1. The number of aryl methyl sites for hydroxylation is 1. The third kappa shape index (κ3) is 6.20. The topological polar surface area (TPSA) is 46.3 Å². The van der Waals surface area contributed by atoms with Gasteiger partial charge in [0, 0.05) is 13.6 Å². The zero-order valence-corrected chi connectivity index (χ0v) is 13.0. The maximum atomic E-state index is 12.0. The van der Waals surface area contributed by atoms with E-state index in [0.29, 0.717) is 5.92 Å². The van der Waals surface area contributed by atoms with Crippen molar-refractivity contribution in [3.05, 3.63) is 35.9 Å². The molecule has 0 aromatic heterocycles. The lowest BCUT2D eigenvalue weighted by Crippen LogP contribution is -2.42. The second kappa shape index (κ2) is 8.75. The van der Waals surface area contributed by atoms with Crippen LogP contribution in [0.5, 0.6) is 0 Å². The highest BCUT2D eigenvalue weighted by Crippen LogP contribution is 2.07. The Morgan fingerprint density at radius 1 is 1.20 bits per heavy atom. The highest BCUT2D eigenvalue weighted by molar-refractivity contribution is 5.81. The van der Waals surface area contributed by atoms with Crippen molar-refractivity contribution >= 4 is 5.91 Å². The minimum atomic E-state index is -0.353. The summed E-state index contributed by atoms with van der Waals surface area (Å²) in [7, 11) is 1.85. The number of likely N-dealkylation sites (N-methyl/N-ethyl adjacent to an activating group) is 1. The molecule has 1 atom stereocenters. The van der Waals surface area contributed by atoms with Crippen LogP contribution >= 0.6 is 0 Å². The average molecular weight is 276 g/mol. The molecule has 0 unspecified atom stereocenters. The van der Waals surface area contributed by atoms with Crippen molar-refractivity contribution in [2.24, 2.45) is 11.7 Å². The normalized spacial score (nSPS) is 12.4. The summed E-state index contributed by atoms with van der Waals surface area (Å²) in [6, 6.07) is 10.1. The SMILES string of the molecule is CC(C)C[C@@H](N)C(=O)N(C)CCCCc1ccccc1. The molecule has 0 aliphatic heterocycles. The molecule has 0 bridgehead atoms. The van der Waals surface area contributed by atoms with Crippen molar-refractivity contribution in [2.45, 2.75) is 45.6 Å². The number of nitrogens with zero attached hydrogens (tertiary/aromatic N) is 1. The monoisotopic (exact) mass is 276 g/mol. The molecule has 0 saturated carbocycles. The predicted octanol–water partition coefficient (Wildman–Crippen LogP) is 2.84. The van der Waals surface area contributed by atoms with Crippen LogP contribution in [0.15, 0.2) is 30.3 Å². The van der Waals surface area contributed by atoms with E-state index in [-0.39, 0.29) is 11.9 Å². The number of carbonyl (C=O) groups is 1. The van der Waals surface area contributed by atoms with E-state index < -0.39 is 0 Å². The summed E-state index contributed by atoms with van der Waals surface area (Å²) in [5.74, 6) is 0.527. The highest BCUT2D eigenvalue weighted by Gasteiger charge is 2.18. The first-order chi connectivity index (χ1) is 9.50. The number of unbranched alkanes of at least 4 members (excludes halogenated alkanes) is 1. The van der Waals surface area contributed by atoms with E-state index in [1.165, 1.54) is 5.56 Å². The fraction of sp³-hybridized carbons (Fsp3) is 0.588. The van der Waals surface area contributed by atoms with Gasteiger partial charge in [-0.3, -0.25) is 4.79 Å². The number of amides is 1. The van der Waals surface area contributed by atoms with Gasteiger partial charge < -0.3 is 10.6 Å². The lowest BCUT2D eigenvalue weighted by Gasteiger charge is -2.22. The van der Waals surface area contributed by atoms with Crippen LogP contribution in [0.1, 0.15) is 38.7 Å². The molecule has 2 N–H and O–H groups in total. The van der Waals surface area contributed by atoms with E-state index in [0.717, 1.165) is 32.2 Å². The zero-order chi connectivity index (χ0) is 15.0. The second-order valence-corrected chi connectivity index (χ2v) is 5.94.